The van der Waals surface area contributed by atoms with Gasteiger partial charge in [0.1, 0.15) is 0 Å². The molecule has 1 saturated carbocycles. The lowest BCUT2D eigenvalue weighted by Crippen LogP contribution is -2.37. The molecule has 1 aliphatic rings. The first-order valence-corrected chi connectivity index (χ1v) is 6.71. The highest BCUT2D eigenvalue weighted by Gasteiger charge is 2.17. The normalized spacial score (nSPS) is 18.7. The van der Waals surface area contributed by atoms with Crippen LogP contribution >= 0.6 is 0 Å². The Bertz CT molecular complexity index is 328. The van der Waals surface area contributed by atoms with Crippen LogP contribution in [0.5, 0.6) is 0 Å². The minimum absolute atomic E-state index is 0.389. The summed E-state index contributed by atoms with van der Waals surface area (Å²) in [6.45, 7) is 0. The molecule has 17 heavy (non-hydrogen) atoms. The van der Waals surface area contributed by atoms with Gasteiger partial charge in [-0.3, -0.25) is 16.0 Å². The van der Waals surface area contributed by atoms with Crippen LogP contribution < -0.4 is 11.3 Å². The number of hydrazine groups is 1. The molecule has 1 aromatic heterocycles. The molecular formula is C13H24N4. The standard InChI is InChI=1S/C13H24N4/c1-17-10-12(9-15-17)8-13(16-14)7-6-11-4-2-3-5-11/h9-11,13,16H,2-8,14H2,1H3. The van der Waals surface area contributed by atoms with Gasteiger partial charge in [-0.2, -0.15) is 5.10 Å². The average Bonchev–Trinajstić information content (AvgIpc) is 2.96. The van der Waals surface area contributed by atoms with E-state index < -0.39 is 0 Å². The van der Waals surface area contributed by atoms with Crippen molar-refractivity contribution in [3.63, 3.8) is 0 Å². The van der Waals surface area contributed by atoms with Gasteiger partial charge in [0.15, 0.2) is 0 Å². The number of aromatic nitrogens is 2. The highest BCUT2D eigenvalue weighted by molar-refractivity contribution is 5.05. The van der Waals surface area contributed by atoms with Crippen LogP contribution in [-0.2, 0) is 13.5 Å². The van der Waals surface area contributed by atoms with E-state index in [9.17, 15) is 0 Å². The lowest BCUT2D eigenvalue weighted by molar-refractivity contribution is 0.407. The maximum atomic E-state index is 5.63. The molecule has 3 N–H and O–H groups in total. The fourth-order valence-electron chi connectivity index (χ4n) is 2.84. The van der Waals surface area contributed by atoms with Crippen LogP contribution in [0.25, 0.3) is 0 Å². The number of hydrogen-bond acceptors (Lipinski definition) is 3. The van der Waals surface area contributed by atoms with Crippen molar-refractivity contribution in [1.29, 1.82) is 0 Å². The molecule has 96 valence electrons. The second-order valence-electron chi connectivity index (χ2n) is 5.32. The van der Waals surface area contributed by atoms with Gasteiger partial charge in [-0.15, -0.1) is 0 Å². The summed E-state index contributed by atoms with van der Waals surface area (Å²) < 4.78 is 1.85. The zero-order valence-corrected chi connectivity index (χ0v) is 10.7. The van der Waals surface area contributed by atoms with Crippen LogP contribution in [0.4, 0.5) is 0 Å². The second kappa shape index (κ2) is 6.17. The van der Waals surface area contributed by atoms with Gasteiger partial charge in [-0.05, 0) is 30.7 Å². The summed E-state index contributed by atoms with van der Waals surface area (Å²) in [6, 6.07) is 0.389. The van der Waals surface area contributed by atoms with Crippen molar-refractivity contribution in [2.75, 3.05) is 0 Å². The van der Waals surface area contributed by atoms with E-state index in [-0.39, 0.29) is 0 Å². The Balaban J connectivity index is 1.75. The Morgan fingerprint density at radius 1 is 1.53 bits per heavy atom. The molecule has 1 aromatic rings. The number of nitrogens with zero attached hydrogens (tertiary/aromatic N) is 2. The van der Waals surface area contributed by atoms with E-state index in [0.29, 0.717) is 6.04 Å². The van der Waals surface area contributed by atoms with Gasteiger partial charge in [0.2, 0.25) is 0 Å². The van der Waals surface area contributed by atoms with Crippen molar-refractivity contribution in [3.8, 4) is 0 Å². The third-order valence-corrected chi connectivity index (χ3v) is 3.87. The number of aryl methyl sites for hydroxylation is 1. The highest BCUT2D eigenvalue weighted by atomic mass is 15.2. The van der Waals surface area contributed by atoms with Crippen LogP contribution in [-0.4, -0.2) is 15.8 Å². The molecule has 1 aliphatic carbocycles. The van der Waals surface area contributed by atoms with Crippen molar-refractivity contribution in [2.45, 2.75) is 51.0 Å². The predicted octanol–water partition coefficient (Wildman–Crippen LogP) is 1.76. The summed E-state index contributed by atoms with van der Waals surface area (Å²) >= 11 is 0. The number of nitrogens with two attached hydrogens (primary N) is 1. The van der Waals surface area contributed by atoms with E-state index >= 15 is 0 Å². The van der Waals surface area contributed by atoms with Gasteiger partial charge in [-0.1, -0.05) is 25.7 Å². The SMILES string of the molecule is Cn1cc(CC(CCC2CCCC2)NN)cn1. The van der Waals surface area contributed by atoms with E-state index in [1.165, 1.54) is 44.1 Å². The van der Waals surface area contributed by atoms with Gasteiger partial charge in [0.05, 0.1) is 6.20 Å². The third kappa shape index (κ3) is 3.82. The van der Waals surface area contributed by atoms with E-state index in [0.717, 1.165) is 12.3 Å². The molecule has 1 atom stereocenters. The molecule has 0 radical (unpaired) electrons. The summed E-state index contributed by atoms with van der Waals surface area (Å²) in [5.41, 5.74) is 4.21. The molecule has 0 spiro atoms. The minimum Gasteiger partial charge on any atom is -0.276 e. The summed E-state index contributed by atoms with van der Waals surface area (Å²) in [5.74, 6) is 6.58. The molecule has 1 fully saturated rings. The molecule has 1 heterocycles. The van der Waals surface area contributed by atoms with Crippen LogP contribution in [0.1, 0.15) is 44.1 Å². The number of hydrogen-bond donors (Lipinski definition) is 2. The maximum absolute atomic E-state index is 5.63. The third-order valence-electron chi connectivity index (χ3n) is 3.87. The van der Waals surface area contributed by atoms with Crippen molar-refractivity contribution in [3.05, 3.63) is 18.0 Å². The Morgan fingerprint density at radius 2 is 2.29 bits per heavy atom. The molecule has 0 aromatic carbocycles. The smallest absolute Gasteiger partial charge is 0.0522 e. The van der Waals surface area contributed by atoms with Crippen molar-refractivity contribution in [1.82, 2.24) is 15.2 Å². The maximum Gasteiger partial charge on any atom is 0.0522 e. The van der Waals surface area contributed by atoms with Crippen LogP contribution in [0.15, 0.2) is 12.4 Å². The van der Waals surface area contributed by atoms with E-state index in [1.807, 2.05) is 17.9 Å². The summed E-state index contributed by atoms with van der Waals surface area (Å²) in [4.78, 5) is 0. The first-order valence-electron chi connectivity index (χ1n) is 6.71. The van der Waals surface area contributed by atoms with Gasteiger partial charge < -0.3 is 0 Å². The molecule has 0 bridgehead atoms. The molecule has 4 nitrogen and oxygen atoms in total. The van der Waals surface area contributed by atoms with Crippen molar-refractivity contribution < 1.29 is 0 Å². The van der Waals surface area contributed by atoms with Gasteiger partial charge in [0, 0.05) is 19.3 Å². The Kier molecular flexibility index (Phi) is 4.57. The minimum atomic E-state index is 0.389. The molecule has 4 heteroatoms. The summed E-state index contributed by atoms with van der Waals surface area (Å²) in [6.07, 6.45) is 13.2. The fraction of sp³-hybridized carbons (Fsp3) is 0.769. The van der Waals surface area contributed by atoms with Gasteiger partial charge >= 0.3 is 0 Å². The van der Waals surface area contributed by atoms with Crippen LogP contribution in [0, 0.1) is 5.92 Å². The van der Waals surface area contributed by atoms with Crippen LogP contribution in [0.3, 0.4) is 0 Å². The fourth-order valence-corrected chi connectivity index (χ4v) is 2.84. The predicted molar refractivity (Wildman–Crippen MR) is 69.2 cm³/mol. The molecule has 1 unspecified atom stereocenters. The van der Waals surface area contributed by atoms with Gasteiger partial charge in [0.25, 0.3) is 0 Å². The topological polar surface area (TPSA) is 55.9 Å². The molecule has 0 saturated heterocycles. The quantitative estimate of drug-likeness (QED) is 0.584. The lowest BCUT2D eigenvalue weighted by atomic mass is 9.96. The van der Waals surface area contributed by atoms with E-state index in [1.54, 1.807) is 0 Å². The molecule has 0 amide bonds. The molecule has 2 rings (SSSR count). The number of rotatable bonds is 6. The molecular weight excluding hydrogens is 212 g/mol. The first kappa shape index (κ1) is 12.6. The molecule has 0 aliphatic heterocycles. The number of nitrogens with one attached hydrogen (secondary N) is 1. The monoisotopic (exact) mass is 236 g/mol. The van der Waals surface area contributed by atoms with E-state index in [2.05, 4.69) is 16.7 Å². The first-order chi connectivity index (χ1) is 8.28. The zero-order valence-electron chi connectivity index (χ0n) is 10.7. The summed E-state index contributed by atoms with van der Waals surface area (Å²) in [5, 5.41) is 4.19. The van der Waals surface area contributed by atoms with Crippen LogP contribution in [0.2, 0.25) is 0 Å². The second-order valence-corrected chi connectivity index (χ2v) is 5.32. The van der Waals surface area contributed by atoms with Crippen molar-refractivity contribution in [2.24, 2.45) is 18.8 Å². The van der Waals surface area contributed by atoms with Gasteiger partial charge in [-0.25, -0.2) is 0 Å². The largest absolute Gasteiger partial charge is 0.276 e. The highest BCUT2D eigenvalue weighted by Crippen LogP contribution is 2.29. The Morgan fingerprint density at radius 3 is 2.88 bits per heavy atom. The average molecular weight is 236 g/mol. The summed E-state index contributed by atoms with van der Waals surface area (Å²) in [7, 11) is 1.95. The Labute approximate surface area is 104 Å². The zero-order chi connectivity index (χ0) is 12.1. The van der Waals surface area contributed by atoms with Crippen molar-refractivity contribution >= 4 is 0 Å². The van der Waals surface area contributed by atoms with E-state index in [4.69, 9.17) is 5.84 Å². The Hall–Kier alpha value is -0.870. The lowest BCUT2D eigenvalue weighted by Gasteiger charge is -2.17.